The summed E-state index contributed by atoms with van der Waals surface area (Å²) in [5.41, 5.74) is 0. The van der Waals surface area contributed by atoms with Crippen LogP contribution >= 0.6 is 0 Å². The van der Waals surface area contributed by atoms with Crippen molar-refractivity contribution < 1.29 is 9.53 Å². The quantitative estimate of drug-likeness (QED) is 0.170. The van der Waals surface area contributed by atoms with E-state index in [-0.39, 0.29) is 0 Å². The van der Waals surface area contributed by atoms with Crippen molar-refractivity contribution in [1.82, 2.24) is 0 Å². The molecular formula is C22H44O2. The van der Waals surface area contributed by atoms with Gasteiger partial charge in [-0.25, -0.2) is 0 Å². The minimum atomic E-state index is 0.589. The van der Waals surface area contributed by atoms with Crippen molar-refractivity contribution in [3.63, 3.8) is 0 Å². The Morgan fingerprint density at radius 2 is 1.00 bits per heavy atom. The Morgan fingerprint density at radius 3 is 1.38 bits per heavy atom. The number of rotatable bonds is 20. The Morgan fingerprint density at radius 1 is 0.625 bits per heavy atom. The van der Waals surface area contributed by atoms with Gasteiger partial charge in [0.2, 0.25) is 0 Å². The standard InChI is InChI=1S/C22H44O2/c1-3-5-7-9-11-12-13-15-17-19-22(20-24-21-23)18-16-14-10-8-6-4-2/h21-22H,3-20H2,1-2H3. The number of carbonyl (C=O) groups excluding carboxylic acids is 1. The number of carbonyl (C=O) groups is 1. The lowest BCUT2D eigenvalue weighted by Crippen LogP contribution is -2.09. The Kier molecular flexibility index (Phi) is 20.1. The van der Waals surface area contributed by atoms with Crippen molar-refractivity contribution in [2.45, 2.75) is 123 Å². The summed E-state index contributed by atoms with van der Waals surface area (Å²) in [7, 11) is 0. The van der Waals surface area contributed by atoms with Crippen LogP contribution in [0, 0.1) is 5.92 Å². The summed E-state index contributed by atoms with van der Waals surface area (Å²) < 4.78 is 5.04. The molecule has 24 heavy (non-hydrogen) atoms. The fourth-order valence-electron chi connectivity index (χ4n) is 3.44. The van der Waals surface area contributed by atoms with Gasteiger partial charge in [-0.1, -0.05) is 110 Å². The maximum absolute atomic E-state index is 10.5. The molecule has 0 aliphatic heterocycles. The van der Waals surface area contributed by atoms with Gasteiger partial charge in [-0.15, -0.1) is 0 Å². The molecule has 2 heteroatoms. The van der Waals surface area contributed by atoms with Gasteiger partial charge in [0.1, 0.15) is 0 Å². The fraction of sp³-hybridized carbons (Fsp3) is 0.955. The van der Waals surface area contributed by atoms with E-state index in [1.807, 2.05) is 0 Å². The summed E-state index contributed by atoms with van der Waals surface area (Å²) in [6.07, 6.45) is 23.0. The average Bonchev–Trinajstić information content (AvgIpc) is 2.60. The van der Waals surface area contributed by atoms with Gasteiger partial charge >= 0.3 is 0 Å². The predicted octanol–water partition coefficient (Wildman–Crippen LogP) is 7.45. The van der Waals surface area contributed by atoms with Gasteiger partial charge in [0.25, 0.3) is 6.47 Å². The Bertz CT molecular complexity index is 240. The summed E-state index contributed by atoms with van der Waals surface area (Å²) in [6.45, 7) is 5.79. The summed E-state index contributed by atoms with van der Waals surface area (Å²) >= 11 is 0. The molecule has 0 heterocycles. The first-order valence-electron chi connectivity index (χ1n) is 10.9. The third kappa shape index (κ3) is 17.8. The Hall–Kier alpha value is -0.530. The summed E-state index contributed by atoms with van der Waals surface area (Å²) in [6, 6.07) is 0. The molecule has 0 saturated carbocycles. The molecule has 0 aromatic carbocycles. The summed E-state index contributed by atoms with van der Waals surface area (Å²) in [5.74, 6) is 0.589. The smallest absolute Gasteiger partial charge is 0.293 e. The molecule has 0 spiro atoms. The molecular weight excluding hydrogens is 296 g/mol. The van der Waals surface area contributed by atoms with Crippen LogP contribution in [0.4, 0.5) is 0 Å². The highest BCUT2D eigenvalue weighted by Crippen LogP contribution is 2.19. The third-order valence-electron chi connectivity index (χ3n) is 5.08. The van der Waals surface area contributed by atoms with Gasteiger partial charge in [0.05, 0.1) is 6.61 Å². The Labute approximate surface area is 152 Å². The molecule has 0 aromatic heterocycles. The number of ether oxygens (including phenoxy) is 1. The van der Waals surface area contributed by atoms with Crippen LogP contribution in [0.25, 0.3) is 0 Å². The lowest BCUT2D eigenvalue weighted by molar-refractivity contribution is -0.130. The van der Waals surface area contributed by atoms with Gasteiger partial charge in [-0.05, 0) is 18.8 Å². The molecule has 0 bridgehead atoms. The molecule has 1 unspecified atom stereocenters. The first kappa shape index (κ1) is 23.5. The average molecular weight is 341 g/mol. The molecule has 1 atom stereocenters. The van der Waals surface area contributed by atoms with E-state index in [0.717, 1.165) is 0 Å². The second-order valence-corrected chi connectivity index (χ2v) is 7.47. The molecule has 0 aliphatic rings. The van der Waals surface area contributed by atoms with E-state index in [1.165, 1.54) is 109 Å². The normalized spacial score (nSPS) is 12.2. The van der Waals surface area contributed by atoms with Gasteiger partial charge in [-0.2, -0.15) is 0 Å². The molecule has 0 saturated heterocycles. The van der Waals surface area contributed by atoms with Gasteiger partial charge in [0.15, 0.2) is 0 Å². The molecule has 0 aromatic rings. The van der Waals surface area contributed by atoms with Crippen molar-refractivity contribution in [2.75, 3.05) is 6.61 Å². The predicted molar refractivity (Wildman–Crippen MR) is 105 cm³/mol. The molecule has 0 amide bonds. The second-order valence-electron chi connectivity index (χ2n) is 7.47. The molecule has 0 N–H and O–H groups in total. The van der Waals surface area contributed by atoms with Gasteiger partial charge < -0.3 is 4.74 Å². The monoisotopic (exact) mass is 340 g/mol. The van der Waals surface area contributed by atoms with Crippen LogP contribution in [0.1, 0.15) is 123 Å². The van der Waals surface area contributed by atoms with E-state index in [0.29, 0.717) is 19.0 Å². The van der Waals surface area contributed by atoms with Crippen molar-refractivity contribution >= 4 is 6.47 Å². The zero-order chi connectivity index (χ0) is 17.7. The van der Waals surface area contributed by atoms with E-state index in [2.05, 4.69) is 13.8 Å². The number of unbranched alkanes of at least 4 members (excludes halogenated alkanes) is 13. The van der Waals surface area contributed by atoms with Crippen LogP contribution < -0.4 is 0 Å². The van der Waals surface area contributed by atoms with Crippen LogP contribution in [0.3, 0.4) is 0 Å². The molecule has 0 aliphatic carbocycles. The second kappa shape index (κ2) is 20.5. The molecule has 144 valence electrons. The van der Waals surface area contributed by atoms with E-state index in [4.69, 9.17) is 4.74 Å². The lowest BCUT2D eigenvalue weighted by Gasteiger charge is -2.15. The first-order chi connectivity index (χ1) is 11.8. The molecule has 2 nitrogen and oxygen atoms in total. The van der Waals surface area contributed by atoms with Crippen molar-refractivity contribution in [2.24, 2.45) is 5.92 Å². The highest BCUT2D eigenvalue weighted by atomic mass is 16.5. The SMILES string of the molecule is CCCCCCCCCCCC(CCCCCCCC)COC=O. The minimum Gasteiger partial charge on any atom is -0.468 e. The highest BCUT2D eigenvalue weighted by Gasteiger charge is 2.09. The van der Waals surface area contributed by atoms with Crippen molar-refractivity contribution in [3.8, 4) is 0 Å². The zero-order valence-electron chi connectivity index (χ0n) is 16.7. The topological polar surface area (TPSA) is 26.3 Å². The zero-order valence-corrected chi connectivity index (χ0v) is 16.7. The maximum atomic E-state index is 10.5. The van der Waals surface area contributed by atoms with Crippen LogP contribution in [0.5, 0.6) is 0 Å². The van der Waals surface area contributed by atoms with Gasteiger partial charge in [0, 0.05) is 0 Å². The van der Waals surface area contributed by atoms with Crippen LogP contribution in [-0.4, -0.2) is 13.1 Å². The first-order valence-corrected chi connectivity index (χ1v) is 10.9. The Balaban J connectivity index is 3.54. The van der Waals surface area contributed by atoms with Crippen LogP contribution in [0.2, 0.25) is 0 Å². The van der Waals surface area contributed by atoms with Crippen molar-refractivity contribution in [3.05, 3.63) is 0 Å². The lowest BCUT2D eigenvalue weighted by atomic mass is 9.94. The molecule has 0 radical (unpaired) electrons. The van der Waals surface area contributed by atoms with Gasteiger partial charge in [-0.3, -0.25) is 4.79 Å². The molecule has 0 fully saturated rings. The number of hydrogen-bond donors (Lipinski definition) is 0. The third-order valence-corrected chi connectivity index (χ3v) is 5.08. The van der Waals surface area contributed by atoms with Crippen LogP contribution in [0.15, 0.2) is 0 Å². The van der Waals surface area contributed by atoms with E-state index in [1.54, 1.807) is 0 Å². The fourth-order valence-corrected chi connectivity index (χ4v) is 3.44. The minimum absolute atomic E-state index is 0.589. The molecule has 0 rings (SSSR count). The van der Waals surface area contributed by atoms with Crippen molar-refractivity contribution in [1.29, 1.82) is 0 Å². The van der Waals surface area contributed by atoms with E-state index < -0.39 is 0 Å². The van der Waals surface area contributed by atoms with Crippen LogP contribution in [-0.2, 0) is 9.53 Å². The summed E-state index contributed by atoms with van der Waals surface area (Å²) in [4.78, 5) is 10.5. The highest BCUT2D eigenvalue weighted by molar-refractivity contribution is 5.36. The largest absolute Gasteiger partial charge is 0.468 e. The van der Waals surface area contributed by atoms with E-state index in [9.17, 15) is 4.79 Å². The maximum Gasteiger partial charge on any atom is 0.293 e. The summed E-state index contributed by atoms with van der Waals surface area (Å²) in [5, 5.41) is 0. The van der Waals surface area contributed by atoms with E-state index >= 15 is 0 Å². The number of hydrogen-bond acceptors (Lipinski definition) is 2.